The van der Waals surface area contributed by atoms with Crippen molar-refractivity contribution in [2.24, 2.45) is 11.7 Å². The average Bonchev–Trinajstić information content (AvgIpc) is 3.03. The Morgan fingerprint density at radius 2 is 2.09 bits per heavy atom. The molecule has 0 bridgehead atoms. The zero-order valence-corrected chi connectivity index (χ0v) is 12.9. The van der Waals surface area contributed by atoms with Gasteiger partial charge in [0.1, 0.15) is 0 Å². The summed E-state index contributed by atoms with van der Waals surface area (Å²) >= 11 is 0. The van der Waals surface area contributed by atoms with E-state index in [1.807, 2.05) is 13.8 Å². The fraction of sp³-hybridized carbons (Fsp3) is 0.571. The normalized spacial score (nSPS) is 17.2. The van der Waals surface area contributed by atoms with Gasteiger partial charge in [-0.1, -0.05) is 20.3 Å². The maximum Gasteiger partial charge on any atom is 0.341 e. The molecule has 8 heteroatoms. The van der Waals surface area contributed by atoms with E-state index in [0.29, 0.717) is 18.9 Å². The number of carbonyl (C=O) groups excluding carboxylic acids is 2. The minimum atomic E-state index is -0.602. The largest absolute Gasteiger partial charge is 0.341 e. The lowest BCUT2D eigenvalue weighted by Gasteiger charge is -2.31. The fourth-order valence-electron chi connectivity index (χ4n) is 2.26. The lowest BCUT2D eigenvalue weighted by Crippen LogP contribution is -2.53. The molecular weight excluding hydrogens is 284 g/mol. The van der Waals surface area contributed by atoms with E-state index in [4.69, 9.17) is 5.73 Å². The van der Waals surface area contributed by atoms with E-state index in [-0.39, 0.29) is 11.8 Å². The van der Waals surface area contributed by atoms with Crippen molar-refractivity contribution in [1.29, 1.82) is 0 Å². The molecule has 8 nitrogen and oxygen atoms in total. The molecule has 2 rings (SSSR count). The Morgan fingerprint density at radius 3 is 2.73 bits per heavy atom. The third kappa shape index (κ3) is 3.51. The van der Waals surface area contributed by atoms with Crippen LogP contribution in [0, 0.1) is 5.92 Å². The summed E-state index contributed by atoms with van der Waals surface area (Å²) in [7, 11) is 0. The smallest absolute Gasteiger partial charge is 0.320 e. The molecule has 0 saturated carbocycles. The SMILES string of the molecule is CCC(C)C(N)C(=O)N1CCCN1C(=O)Nc1cnccn1. The summed E-state index contributed by atoms with van der Waals surface area (Å²) in [6.45, 7) is 4.89. The Labute approximate surface area is 129 Å². The standard InChI is InChI=1S/C14H22N6O2/c1-3-10(2)12(15)13(21)19-7-4-8-20(19)14(22)18-11-9-16-5-6-17-11/h5-6,9-10,12H,3-4,7-8,15H2,1-2H3,(H,17,18,22). The first kappa shape index (κ1) is 16.2. The molecule has 2 atom stereocenters. The minimum Gasteiger partial charge on any atom is -0.320 e. The highest BCUT2D eigenvalue weighted by molar-refractivity contribution is 5.91. The summed E-state index contributed by atoms with van der Waals surface area (Å²) in [5.41, 5.74) is 5.99. The van der Waals surface area contributed by atoms with Crippen LogP contribution in [0.5, 0.6) is 0 Å². The van der Waals surface area contributed by atoms with E-state index in [9.17, 15) is 9.59 Å². The Hall–Kier alpha value is -2.22. The second kappa shape index (κ2) is 7.17. The van der Waals surface area contributed by atoms with Crippen LogP contribution in [0.15, 0.2) is 18.6 Å². The van der Waals surface area contributed by atoms with Crippen molar-refractivity contribution in [2.75, 3.05) is 18.4 Å². The number of urea groups is 1. The molecule has 1 aliphatic heterocycles. The van der Waals surface area contributed by atoms with E-state index in [0.717, 1.165) is 12.8 Å². The van der Waals surface area contributed by atoms with Crippen molar-refractivity contribution in [2.45, 2.75) is 32.7 Å². The van der Waals surface area contributed by atoms with Crippen molar-refractivity contribution in [1.82, 2.24) is 20.0 Å². The Morgan fingerprint density at radius 1 is 1.36 bits per heavy atom. The number of hydrogen-bond acceptors (Lipinski definition) is 5. The first-order chi connectivity index (χ1) is 10.5. The van der Waals surface area contributed by atoms with E-state index in [2.05, 4.69) is 15.3 Å². The Bertz CT molecular complexity index is 523. The maximum atomic E-state index is 12.5. The number of carbonyl (C=O) groups is 2. The number of anilines is 1. The summed E-state index contributed by atoms with van der Waals surface area (Å²) in [4.78, 5) is 32.6. The molecule has 1 aromatic heterocycles. The number of hydrogen-bond donors (Lipinski definition) is 2. The fourth-order valence-corrected chi connectivity index (χ4v) is 2.26. The monoisotopic (exact) mass is 306 g/mol. The van der Waals surface area contributed by atoms with Gasteiger partial charge in [-0.3, -0.25) is 15.1 Å². The molecule has 0 spiro atoms. The third-order valence-electron chi connectivity index (χ3n) is 3.86. The molecule has 3 amide bonds. The minimum absolute atomic E-state index is 0.0676. The van der Waals surface area contributed by atoms with Gasteiger partial charge in [0.05, 0.1) is 12.2 Å². The van der Waals surface area contributed by atoms with Crippen molar-refractivity contribution in [3.05, 3.63) is 18.6 Å². The molecule has 22 heavy (non-hydrogen) atoms. The van der Waals surface area contributed by atoms with Crippen molar-refractivity contribution in [3.63, 3.8) is 0 Å². The molecule has 0 radical (unpaired) electrons. The maximum absolute atomic E-state index is 12.5. The topological polar surface area (TPSA) is 104 Å². The van der Waals surface area contributed by atoms with Gasteiger partial charge in [-0.25, -0.2) is 19.8 Å². The van der Waals surface area contributed by atoms with Crippen LogP contribution in [-0.2, 0) is 4.79 Å². The van der Waals surface area contributed by atoms with E-state index in [1.54, 1.807) is 0 Å². The van der Waals surface area contributed by atoms with Crippen LogP contribution in [0.3, 0.4) is 0 Å². The van der Waals surface area contributed by atoms with Gasteiger partial charge in [-0.15, -0.1) is 0 Å². The lowest BCUT2D eigenvalue weighted by molar-refractivity contribution is -0.142. The van der Waals surface area contributed by atoms with Gasteiger partial charge >= 0.3 is 6.03 Å². The first-order valence-corrected chi connectivity index (χ1v) is 7.46. The lowest BCUT2D eigenvalue weighted by atomic mass is 9.99. The zero-order valence-electron chi connectivity index (χ0n) is 12.9. The molecule has 1 aliphatic rings. The number of nitrogens with two attached hydrogens (primary N) is 1. The summed E-state index contributed by atoms with van der Waals surface area (Å²) in [5.74, 6) is 0.192. The first-order valence-electron chi connectivity index (χ1n) is 7.46. The molecule has 2 unspecified atom stereocenters. The summed E-state index contributed by atoms with van der Waals surface area (Å²) in [6, 6.07) is -1.00. The van der Waals surface area contributed by atoms with E-state index < -0.39 is 12.1 Å². The molecule has 0 aliphatic carbocycles. The van der Waals surface area contributed by atoms with Crippen LogP contribution in [0.4, 0.5) is 10.6 Å². The van der Waals surface area contributed by atoms with Gasteiger partial charge in [-0.05, 0) is 12.3 Å². The van der Waals surface area contributed by atoms with Gasteiger partial charge in [0.2, 0.25) is 0 Å². The van der Waals surface area contributed by atoms with Crippen LogP contribution in [0.1, 0.15) is 26.7 Å². The molecule has 1 aromatic rings. The third-order valence-corrected chi connectivity index (χ3v) is 3.86. The highest BCUT2D eigenvalue weighted by Crippen LogP contribution is 2.16. The summed E-state index contributed by atoms with van der Waals surface area (Å²) in [5, 5.41) is 5.45. The Balaban J connectivity index is 2.03. The van der Waals surface area contributed by atoms with E-state index >= 15 is 0 Å². The molecule has 1 saturated heterocycles. The second-order valence-electron chi connectivity index (χ2n) is 5.37. The molecule has 0 aromatic carbocycles. The predicted octanol–water partition coefficient (Wildman–Crippen LogP) is 0.831. The number of nitrogens with one attached hydrogen (secondary N) is 1. The van der Waals surface area contributed by atoms with Gasteiger partial charge in [0.25, 0.3) is 5.91 Å². The zero-order chi connectivity index (χ0) is 16.1. The Kier molecular flexibility index (Phi) is 5.26. The molecule has 120 valence electrons. The van der Waals surface area contributed by atoms with Crippen molar-refractivity contribution in [3.8, 4) is 0 Å². The van der Waals surface area contributed by atoms with Gasteiger partial charge in [0, 0.05) is 25.5 Å². The van der Waals surface area contributed by atoms with Crippen LogP contribution in [0.25, 0.3) is 0 Å². The number of nitrogens with zero attached hydrogens (tertiary/aromatic N) is 4. The van der Waals surface area contributed by atoms with E-state index in [1.165, 1.54) is 28.6 Å². The van der Waals surface area contributed by atoms with Crippen molar-refractivity contribution >= 4 is 17.8 Å². The summed E-state index contributed by atoms with van der Waals surface area (Å²) in [6.07, 6.45) is 6.00. The molecule has 3 N–H and O–H groups in total. The highest BCUT2D eigenvalue weighted by atomic mass is 16.2. The second-order valence-corrected chi connectivity index (χ2v) is 5.37. The molecular formula is C14H22N6O2. The number of aromatic nitrogens is 2. The van der Waals surface area contributed by atoms with Gasteiger partial charge in [-0.2, -0.15) is 0 Å². The molecule has 1 fully saturated rings. The van der Waals surface area contributed by atoms with Crippen LogP contribution in [-0.4, -0.2) is 51.1 Å². The van der Waals surface area contributed by atoms with Crippen LogP contribution >= 0.6 is 0 Å². The molecule has 2 heterocycles. The predicted molar refractivity (Wildman–Crippen MR) is 81.5 cm³/mol. The van der Waals surface area contributed by atoms with Gasteiger partial charge < -0.3 is 5.73 Å². The number of amides is 3. The number of hydrazine groups is 1. The van der Waals surface area contributed by atoms with Gasteiger partial charge in [0.15, 0.2) is 5.82 Å². The number of rotatable bonds is 4. The summed E-state index contributed by atoms with van der Waals surface area (Å²) < 4.78 is 0. The average molecular weight is 306 g/mol. The quantitative estimate of drug-likeness (QED) is 0.857. The van der Waals surface area contributed by atoms with Crippen LogP contribution < -0.4 is 11.1 Å². The highest BCUT2D eigenvalue weighted by Gasteiger charge is 2.34. The van der Waals surface area contributed by atoms with Crippen LogP contribution in [0.2, 0.25) is 0 Å². The van der Waals surface area contributed by atoms with Crippen molar-refractivity contribution < 1.29 is 9.59 Å².